The first-order valence-corrected chi connectivity index (χ1v) is 19.8. The number of carbonyl (C=O) groups excluding carboxylic acids is 6. The molecule has 0 saturated carbocycles. The Morgan fingerprint density at radius 3 is 1.83 bits per heavy atom. The second kappa shape index (κ2) is 22.1. The van der Waals surface area contributed by atoms with Gasteiger partial charge in [-0.25, -0.2) is 14.4 Å². The molecule has 1 saturated heterocycles. The van der Waals surface area contributed by atoms with E-state index in [2.05, 4.69) is 21.3 Å². The summed E-state index contributed by atoms with van der Waals surface area (Å²) in [6.45, 7) is 9.14. The van der Waals surface area contributed by atoms with Gasteiger partial charge in [0.2, 0.25) is 17.7 Å². The minimum absolute atomic E-state index is 0.0538. The van der Waals surface area contributed by atoms with E-state index in [-0.39, 0.29) is 39.0 Å². The fourth-order valence-electron chi connectivity index (χ4n) is 6.39. The summed E-state index contributed by atoms with van der Waals surface area (Å²) in [4.78, 5) is 82.3. The van der Waals surface area contributed by atoms with Crippen LogP contribution >= 0.6 is 0 Å². The minimum atomic E-state index is -1.19. The molecular formula is C44H57N5O9. The maximum Gasteiger partial charge on any atom is 0.408 e. The van der Waals surface area contributed by atoms with Gasteiger partial charge in [0.25, 0.3) is 0 Å². The molecule has 1 heterocycles. The van der Waals surface area contributed by atoms with Gasteiger partial charge in [-0.3, -0.25) is 14.4 Å². The van der Waals surface area contributed by atoms with Gasteiger partial charge in [0.05, 0.1) is 0 Å². The van der Waals surface area contributed by atoms with Crippen LogP contribution in [0.25, 0.3) is 0 Å². The molecule has 1 fully saturated rings. The number of hydrogen-bond acceptors (Lipinski definition) is 9. The molecule has 1 aliphatic heterocycles. The standard InChI is InChI=1S/C44H57N5O9/c1-30(2)37(48-43(55)58-44(3,4)5)39(51)46-34(23-15-25-45-42(54)57-29-33-21-13-8-14-22-33)38(50)47-35(27-31-17-9-6-10-18-31)40(52)49-26-16-24-36(49)41(53)56-28-32-19-11-7-12-20-32/h6-14,17-22,30,34-37H,15-16,23-29H2,1-5H3,(H,45,54)(H,46,51)(H,47,50)(H,48,55)/t34-,35+,36-,37-/m0/s1. The molecule has 0 aromatic heterocycles. The Kier molecular flexibility index (Phi) is 17.1. The van der Waals surface area contributed by atoms with Crippen molar-refractivity contribution in [3.05, 3.63) is 108 Å². The van der Waals surface area contributed by atoms with Crippen molar-refractivity contribution in [2.45, 2.75) is 110 Å². The Labute approximate surface area is 340 Å². The third kappa shape index (κ3) is 14.9. The van der Waals surface area contributed by atoms with Crippen LogP contribution in [0, 0.1) is 5.92 Å². The van der Waals surface area contributed by atoms with Gasteiger partial charge >= 0.3 is 18.2 Å². The van der Waals surface area contributed by atoms with Crippen LogP contribution in [0.5, 0.6) is 0 Å². The molecule has 5 amide bonds. The molecule has 14 nitrogen and oxygen atoms in total. The summed E-state index contributed by atoms with van der Waals surface area (Å²) in [7, 11) is 0. The lowest BCUT2D eigenvalue weighted by Gasteiger charge is -2.30. The van der Waals surface area contributed by atoms with E-state index >= 15 is 0 Å². The first kappa shape index (κ1) is 44.8. The molecule has 0 aliphatic carbocycles. The van der Waals surface area contributed by atoms with Crippen LogP contribution < -0.4 is 21.3 Å². The zero-order valence-corrected chi connectivity index (χ0v) is 34.0. The Morgan fingerprint density at radius 2 is 1.26 bits per heavy atom. The number of alkyl carbamates (subject to hydrolysis) is 2. The van der Waals surface area contributed by atoms with Gasteiger partial charge in [0.1, 0.15) is 43.0 Å². The number of nitrogens with one attached hydrogen (secondary N) is 4. The Balaban J connectivity index is 1.50. The normalized spacial score (nSPS) is 15.3. The highest BCUT2D eigenvalue weighted by atomic mass is 16.6. The van der Waals surface area contributed by atoms with E-state index in [1.165, 1.54) is 4.90 Å². The number of amides is 5. The van der Waals surface area contributed by atoms with Gasteiger partial charge < -0.3 is 40.4 Å². The third-order valence-electron chi connectivity index (χ3n) is 9.34. The molecule has 312 valence electrons. The van der Waals surface area contributed by atoms with Crippen molar-refractivity contribution in [1.29, 1.82) is 0 Å². The van der Waals surface area contributed by atoms with Gasteiger partial charge in [0.15, 0.2) is 0 Å². The third-order valence-corrected chi connectivity index (χ3v) is 9.34. The first-order valence-electron chi connectivity index (χ1n) is 19.8. The smallest absolute Gasteiger partial charge is 0.408 e. The van der Waals surface area contributed by atoms with Crippen molar-refractivity contribution in [1.82, 2.24) is 26.2 Å². The zero-order valence-electron chi connectivity index (χ0n) is 34.0. The molecule has 3 aromatic rings. The molecule has 58 heavy (non-hydrogen) atoms. The van der Waals surface area contributed by atoms with Crippen LogP contribution in [0.2, 0.25) is 0 Å². The molecule has 1 aliphatic rings. The van der Waals surface area contributed by atoms with Crippen LogP contribution in [-0.4, -0.2) is 83.6 Å². The number of likely N-dealkylation sites (tertiary alicyclic amines) is 1. The van der Waals surface area contributed by atoms with Gasteiger partial charge in [-0.1, -0.05) is 105 Å². The molecular weight excluding hydrogens is 743 g/mol. The Morgan fingerprint density at radius 1 is 0.707 bits per heavy atom. The number of rotatable bonds is 18. The van der Waals surface area contributed by atoms with Gasteiger partial charge in [0, 0.05) is 19.5 Å². The fourth-order valence-corrected chi connectivity index (χ4v) is 6.39. The van der Waals surface area contributed by atoms with Gasteiger partial charge in [-0.05, 0) is 69.1 Å². The SMILES string of the molecule is CC(C)[C@H](NC(=O)OC(C)(C)C)C(=O)N[C@@H](CCCNC(=O)OCc1ccccc1)C(=O)N[C@H](Cc1ccccc1)C(=O)N1CCC[C@H]1C(=O)OCc1ccccc1. The fraction of sp³-hybridized carbons (Fsp3) is 0.455. The maximum atomic E-state index is 14.3. The zero-order chi connectivity index (χ0) is 42.1. The van der Waals surface area contributed by atoms with E-state index in [0.29, 0.717) is 19.4 Å². The number of ether oxygens (including phenoxy) is 3. The van der Waals surface area contributed by atoms with E-state index in [1.54, 1.807) is 34.6 Å². The van der Waals surface area contributed by atoms with Crippen LogP contribution in [0.1, 0.15) is 77.0 Å². The van der Waals surface area contributed by atoms with E-state index in [1.807, 2.05) is 91.0 Å². The van der Waals surface area contributed by atoms with Crippen molar-refractivity contribution in [3.8, 4) is 0 Å². The molecule has 4 N–H and O–H groups in total. The molecule has 4 atom stereocenters. The Bertz CT molecular complexity index is 1800. The van der Waals surface area contributed by atoms with E-state index in [0.717, 1.165) is 16.7 Å². The molecule has 0 spiro atoms. The summed E-state index contributed by atoms with van der Waals surface area (Å²) in [6.07, 6.45) is -0.0577. The highest BCUT2D eigenvalue weighted by Gasteiger charge is 2.39. The van der Waals surface area contributed by atoms with Crippen LogP contribution in [0.4, 0.5) is 9.59 Å². The van der Waals surface area contributed by atoms with E-state index < -0.39 is 71.6 Å². The number of benzene rings is 3. The topological polar surface area (TPSA) is 181 Å². The second-order valence-electron chi connectivity index (χ2n) is 15.6. The van der Waals surface area contributed by atoms with Crippen LogP contribution in [0.3, 0.4) is 0 Å². The lowest BCUT2D eigenvalue weighted by Crippen LogP contribution is -2.59. The quantitative estimate of drug-likeness (QED) is 0.0765. The second-order valence-corrected chi connectivity index (χ2v) is 15.6. The van der Waals surface area contributed by atoms with Crippen molar-refractivity contribution in [3.63, 3.8) is 0 Å². The van der Waals surface area contributed by atoms with Crippen molar-refractivity contribution in [2.24, 2.45) is 5.92 Å². The van der Waals surface area contributed by atoms with Gasteiger partial charge in [-0.2, -0.15) is 0 Å². The molecule has 0 bridgehead atoms. The summed E-state index contributed by atoms with van der Waals surface area (Å²) in [5.74, 6) is -2.68. The predicted molar refractivity (Wildman–Crippen MR) is 217 cm³/mol. The average Bonchev–Trinajstić information content (AvgIpc) is 3.69. The van der Waals surface area contributed by atoms with Crippen LogP contribution in [0.15, 0.2) is 91.0 Å². The lowest BCUT2D eigenvalue weighted by atomic mass is 10.0. The first-order chi connectivity index (χ1) is 27.7. The summed E-state index contributed by atoms with van der Waals surface area (Å²) in [5, 5.41) is 10.9. The molecule has 4 rings (SSSR count). The summed E-state index contributed by atoms with van der Waals surface area (Å²) in [5.41, 5.74) is 1.59. The highest BCUT2D eigenvalue weighted by molar-refractivity contribution is 5.95. The number of esters is 1. The Hall–Kier alpha value is -5.92. The maximum absolute atomic E-state index is 14.3. The summed E-state index contributed by atoms with van der Waals surface area (Å²) >= 11 is 0. The van der Waals surface area contributed by atoms with Crippen molar-refractivity contribution < 1.29 is 43.0 Å². The monoisotopic (exact) mass is 799 g/mol. The average molecular weight is 800 g/mol. The molecule has 3 aromatic carbocycles. The van der Waals surface area contributed by atoms with E-state index in [4.69, 9.17) is 14.2 Å². The summed E-state index contributed by atoms with van der Waals surface area (Å²) < 4.78 is 16.3. The molecule has 0 radical (unpaired) electrons. The largest absolute Gasteiger partial charge is 0.459 e. The van der Waals surface area contributed by atoms with Crippen LogP contribution in [-0.2, 0) is 53.0 Å². The molecule has 0 unspecified atom stereocenters. The van der Waals surface area contributed by atoms with Crippen molar-refractivity contribution in [2.75, 3.05) is 13.1 Å². The summed E-state index contributed by atoms with van der Waals surface area (Å²) in [6, 6.07) is 23.4. The van der Waals surface area contributed by atoms with E-state index in [9.17, 15) is 28.8 Å². The van der Waals surface area contributed by atoms with Gasteiger partial charge in [-0.15, -0.1) is 0 Å². The molecule has 14 heteroatoms. The van der Waals surface area contributed by atoms with Crippen molar-refractivity contribution >= 4 is 35.9 Å². The minimum Gasteiger partial charge on any atom is -0.459 e. The predicted octanol–water partition coefficient (Wildman–Crippen LogP) is 5.19. The number of nitrogens with zero attached hydrogens (tertiary/aromatic N) is 1. The lowest BCUT2D eigenvalue weighted by molar-refractivity contribution is -0.155. The number of hydrogen-bond donors (Lipinski definition) is 4. The number of carbonyl (C=O) groups is 6. The highest BCUT2D eigenvalue weighted by Crippen LogP contribution is 2.22.